The molecule has 0 aliphatic carbocycles. The molecule has 0 bridgehead atoms. The minimum Gasteiger partial charge on any atom is -0.394 e. The van der Waals surface area contributed by atoms with Crippen LogP contribution in [0.2, 0.25) is 0 Å². The number of rotatable bonds is 6. The second-order valence-electron chi connectivity index (χ2n) is 2.64. The average Bonchev–Trinajstić information content (AvgIpc) is 2.23. The number of carbonyl (C=O) groups is 1. The summed E-state index contributed by atoms with van der Waals surface area (Å²) in [5.41, 5.74) is -1.17. The predicted molar refractivity (Wildman–Crippen MR) is 45.1 cm³/mol. The minimum absolute atomic E-state index is 0.835. The molecule has 0 rings (SSSR count). The van der Waals surface area contributed by atoms with Gasteiger partial charge < -0.3 is 25.5 Å². The zero-order valence-corrected chi connectivity index (χ0v) is 8.07. The van der Waals surface area contributed by atoms with E-state index in [1.807, 2.05) is 0 Å². The maximum Gasteiger partial charge on any atom is 0.404 e. The molecule has 0 heterocycles. The molecule has 0 aliphatic heterocycles. The molecule has 5 N–H and O–H groups in total. The van der Waals surface area contributed by atoms with Gasteiger partial charge in [0, 0.05) is 0 Å². The van der Waals surface area contributed by atoms with E-state index >= 15 is 0 Å². The molecule has 0 amide bonds. The molecule has 8 heteroatoms. The highest BCUT2D eigenvalue weighted by atomic mass is 31.1. The van der Waals surface area contributed by atoms with E-state index in [1.54, 1.807) is 0 Å². The Morgan fingerprint density at radius 3 is 2.00 bits per heavy atom. The van der Waals surface area contributed by atoms with Gasteiger partial charge in [-0.2, -0.15) is 0 Å². The summed E-state index contributed by atoms with van der Waals surface area (Å²) in [7, 11) is -1.46. The van der Waals surface area contributed by atoms with Crippen molar-refractivity contribution in [3.05, 3.63) is 0 Å². The maximum atomic E-state index is 10.6. The molecular weight excluding hydrogens is 215 g/mol. The lowest BCUT2D eigenvalue weighted by molar-refractivity contribution is -0.139. The van der Waals surface area contributed by atoms with E-state index in [-0.39, 0.29) is 0 Å². The van der Waals surface area contributed by atoms with Crippen molar-refractivity contribution in [2.75, 3.05) is 6.61 Å². The van der Waals surface area contributed by atoms with Crippen LogP contribution < -0.4 is 0 Å². The van der Waals surface area contributed by atoms with Gasteiger partial charge in [-0.05, 0) is 0 Å². The topological polar surface area (TPSA) is 135 Å². The molecule has 0 fully saturated rings. The van der Waals surface area contributed by atoms with Crippen LogP contribution in [0.1, 0.15) is 0 Å². The largest absolute Gasteiger partial charge is 0.404 e. The first-order chi connectivity index (χ1) is 6.45. The first-order valence-electron chi connectivity index (χ1n) is 3.70. The fraction of sp³-hybridized carbons (Fsp3) is 0.833. The number of aliphatic hydroxyl groups is 5. The fourth-order valence-electron chi connectivity index (χ4n) is 0.738. The van der Waals surface area contributed by atoms with E-state index in [4.69, 9.17) is 25.5 Å². The van der Waals surface area contributed by atoms with E-state index in [2.05, 4.69) is 0 Å². The van der Waals surface area contributed by atoms with E-state index in [0.29, 0.717) is 0 Å². The van der Waals surface area contributed by atoms with Crippen molar-refractivity contribution in [1.82, 2.24) is 0 Å². The lowest BCUT2D eigenvalue weighted by Crippen LogP contribution is -2.47. The standard InChI is InChI=1S/C6H11O7P/c7-1-2(8)3(9)4(10)5(11)6(12)14-13/h2-5,7-11H,1H2/p+1/t2-,3-,4+,5-/m1/s1. The summed E-state index contributed by atoms with van der Waals surface area (Å²) in [6.07, 6.45) is -7.58. The Labute approximate surface area is 80.8 Å². The monoisotopic (exact) mass is 227 g/mol. The molecule has 1 unspecified atom stereocenters. The Morgan fingerprint density at radius 1 is 1.14 bits per heavy atom. The second kappa shape index (κ2) is 6.13. The average molecular weight is 227 g/mol. The van der Waals surface area contributed by atoms with Gasteiger partial charge in [-0.3, -0.25) is 0 Å². The van der Waals surface area contributed by atoms with Crippen molar-refractivity contribution < 1.29 is 34.9 Å². The summed E-state index contributed by atoms with van der Waals surface area (Å²) < 4.78 is 10.1. The quantitative estimate of drug-likeness (QED) is 0.304. The minimum atomic E-state index is -2.04. The zero-order valence-electron chi connectivity index (χ0n) is 7.07. The molecule has 0 radical (unpaired) electrons. The van der Waals surface area contributed by atoms with Gasteiger partial charge in [0.2, 0.25) is 0 Å². The van der Waals surface area contributed by atoms with E-state index in [1.165, 1.54) is 0 Å². The van der Waals surface area contributed by atoms with Crippen LogP contribution >= 0.6 is 8.46 Å². The van der Waals surface area contributed by atoms with Crippen LogP contribution in [0.5, 0.6) is 0 Å². The Morgan fingerprint density at radius 2 is 1.64 bits per heavy atom. The lowest BCUT2D eigenvalue weighted by atomic mass is 10.0. The van der Waals surface area contributed by atoms with Gasteiger partial charge in [0.25, 0.3) is 0 Å². The van der Waals surface area contributed by atoms with Gasteiger partial charge in [0.05, 0.1) is 6.61 Å². The van der Waals surface area contributed by atoms with Crippen molar-refractivity contribution >= 4 is 14.0 Å². The predicted octanol–water partition coefficient (Wildman–Crippen LogP) is -3.03. The van der Waals surface area contributed by atoms with Gasteiger partial charge in [0.1, 0.15) is 18.3 Å². The normalized spacial score (nSPS) is 20.1. The van der Waals surface area contributed by atoms with Gasteiger partial charge in [0.15, 0.2) is 6.10 Å². The molecule has 0 aromatic rings. The van der Waals surface area contributed by atoms with Crippen LogP contribution in [0.3, 0.4) is 0 Å². The van der Waals surface area contributed by atoms with Crippen LogP contribution in [-0.2, 0) is 9.36 Å². The summed E-state index contributed by atoms with van der Waals surface area (Å²) in [4.78, 5) is 10.6. The highest BCUT2D eigenvalue weighted by Crippen LogP contribution is 2.10. The van der Waals surface area contributed by atoms with Crippen LogP contribution in [0, 0.1) is 0 Å². The Kier molecular flexibility index (Phi) is 5.94. The number of carbonyl (C=O) groups excluding carboxylic acids is 1. The maximum absolute atomic E-state index is 10.6. The molecule has 0 aromatic heterocycles. The summed E-state index contributed by atoms with van der Waals surface area (Å²) in [6, 6.07) is 0. The first kappa shape index (κ1) is 13.6. The van der Waals surface area contributed by atoms with Crippen molar-refractivity contribution in [2.24, 2.45) is 0 Å². The van der Waals surface area contributed by atoms with E-state index < -0.39 is 45.0 Å². The zero-order chi connectivity index (χ0) is 11.3. The van der Waals surface area contributed by atoms with Gasteiger partial charge in [-0.1, -0.05) is 4.57 Å². The fourth-order valence-corrected chi connectivity index (χ4v) is 1.03. The van der Waals surface area contributed by atoms with Crippen molar-refractivity contribution in [2.45, 2.75) is 24.4 Å². The molecular formula is C6H12O7P+. The summed E-state index contributed by atoms with van der Waals surface area (Å²) >= 11 is 0. The molecule has 0 saturated carbocycles. The van der Waals surface area contributed by atoms with Crippen LogP contribution in [0.25, 0.3) is 0 Å². The van der Waals surface area contributed by atoms with Gasteiger partial charge >= 0.3 is 14.0 Å². The lowest BCUT2D eigenvalue weighted by Gasteiger charge is -2.22. The number of hydrogen-bond acceptors (Lipinski definition) is 7. The third kappa shape index (κ3) is 3.38. The van der Waals surface area contributed by atoms with Crippen LogP contribution in [0.15, 0.2) is 0 Å². The van der Waals surface area contributed by atoms with Crippen LogP contribution in [-0.4, -0.2) is 62.1 Å². The molecule has 82 valence electrons. The molecule has 0 aliphatic rings. The van der Waals surface area contributed by atoms with Crippen molar-refractivity contribution in [3.8, 4) is 0 Å². The SMILES string of the molecule is O=[PH+]C(=O)[C@H](O)[C@@H](O)[C@H](O)[C@H](O)CO. The summed E-state index contributed by atoms with van der Waals surface area (Å²) in [6.45, 7) is -0.835. The highest BCUT2D eigenvalue weighted by Gasteiger charge is 2.37. The van der Waals surface area contributed by atoms with Gasteiger partial charge in [-0.15, -0.1) is 0 Å². The van der Waals surface area contributed by atoms with Crippen LogP contribution in [0.4, 0.5) is 0 Å². The summed E-state index contributed by atoms with van der Waals surface area (Å²) in [5.74, 6) is 0. The van der Waals surface area contributed by atoms with Gasteiger partial charge in [-0.25, -0.2) is 4.79 Å². The molecule has 7 nitrogen and oxygen atoms in total. The highest BCUT2D eigenvalue weighted by molar-refractivity contribution is 7.46. The Bertz CT molecular complexity index is 208. The molecule has 5 atom stereocenters. The first-order valence-corrected chi connectivity index (χ1v) is 4.61. The molecule has 0 spiro atoms. The number of hydrogen-bond donors (Lipinski definition) is 5. The third-order valence-electron chi connectivity index (χ3n) is 1.62. The number of aliphatic hydroxyl groups excluding tert-OH is 5. The molecule has 14 heavy (non-hydrogen) atoms. The van der Waals surface area contributed by atoms with E-state index in [0.717, 1.165) is 0 Å². The third-order valence-corrected chi connectivity index (χ3v) is 2.12. The van der Waals surface area contributed by atoms with Crippen molar-refractivity contribution in [3.63, 3.8) is 0 Å². The van der Waals surface area contributed by atoms with Crippen molar-refractivity contribution in [1.29, 1.82) is 0 Å². The summed E-state index contributed by atoms with van der Waals surface area (Å²) in [5, 5.41) is 44.3. The smallest absolute Gasteiger partial charge is 0.394 e. The molecule has 0 saturated heterocycles. The molecule has 0 aromatic carbocycles. The Hall–Kier alpha value is -0.430. The van der Waals surface area contributed by atoms with E-state index in [9.17, 15) is 9.36 Å². The Balaban J connectivity index is 4.37. The second-order valence-corrected chi connectivity index (χ2v) is 3.34.